The molecule has 1 N–H and O–H groups in total. The first kappa shape index (κ1) is 14.2. The van der Waals surface area contributed by atoms with Crippen LogP contribution in [0, 0.1) is 5.41 Å². The fourth-order valence-electron chi connectivity index (χ4n) is 1.85. The number of benzene rings is 1. The Labute approximate surface area is 119 Å². The van der Waals surface area contributed by atoms with Crippen molar-refractivity contribution in [3.8, 4) is 5.75 Å². The summed E-state index contributed by atoms with van der Waals surface area (Å²) in [5.41, 5.74) is 0.784. The van der Waals surface area contributed by atoms with Crippen LogP contribution in [0.3, 0.4) is 0 Å². The van der Waals surface area contributed by atoms with Gasteiger partial charge in [-0.1, -0.05) is 13.0 Å². The van der Waals surface area contributed by atoms with E-state index in [2.05, 4.69) is 12.2 Å². The second-order valence-electron chi connectivity index (χ2n) is 5.19. The Morgan fingerprint density at radius 3 is 2.89 bits per heavy atom. The van der Waals surface area contributed by atoms with Crippen LogP contribution in [0.25, 0.3) is 0 Å². The third-order valence-corrected chi connectivity index (χ3v) is 4.00. The SMILES string of the molecule is CCCOc1cccc(C(=O)NCC2(CCl)CC2)c1. The zero-order chi connectivity index (χ0) is 13.7. The maximum Gasteiger partial charge on any atom is 0.251 e. The number of nitrogens with one attached hydrogen (secondary N) is 1. The van der Waals surface area contributed by atoms with E-state index < -0.39 is 0 Å². The highest BCUT2D eigenvalue weighted by atomic mass is 35.5. The summed E-state index contributed by atoms with van der Waals surface area (Å²) in [4.78, 5) is 12.1. The van der Waals surface area contributed by atoms with Crippen LogP contribution >= 0.6 is 11.6 Å². The molecule has 0 bridgehead atoms. The van der Waals surface area contributed by atoms with Crippen LogP contribution in [0.15, 0.2) is 24.3 Å². The second kappa shape index (κ2) is 6.29. The number of carbonyl (C=O) groups excluding carboxylic acids is 1. The number of ether oxygens (including phenoxy) is 1. The van der Waals surface area contributed by atoms with E-state index >= 15 is 0 Å². The molecule has 104 valence electrons. The lowest BCUT2D eigenvalue weighted by Gasteiger charge is -2.13. The minimum absolute atomic E-state index is 0.0571. The number of amides is 1. The van der Waals surface area contributed by atoms with Crippen molar-refractivity contribution in [2.75, 3.05) is 19.0 Å². The molecule has 1 aliphatic rings. The molecule has 1 aromatic rings. The molecule has 4 heteroatoms. The molecule has 1 saturated carbocycles. The van der Waals surface area contributed by atoms with Crippen LogP contribution in [0.5, 0.6) is 5.75 Å². The van der Waals surface area contributed by atoms with Crippen molar-refractivity contribution in [3.05, 3.63) is 29.8 Å². The van der Waals surface area contributed by atoms with Crippen molar-refractivity contribution in [1.29, 1.82) is 0 Å². The van der Waals surface area contributed by atoms with Gasteiger partial charge in [-0.25, -0.2) is 0 Å². The summed E-state index contributed by atoms with van der Waals surface area (Å²) in [6, 6.07) is 7.29. The first-order chi connectivity index (χ1) is 9.19. The Bertz CT molecular complexity index is 444. The molecule has 1 amide bonds. The van der Waals surface area contributed by atoms with Crippen molar-refractivity contribution < 1.29 is 9.53 Å². The smallest absolute Gasteiger partial charge is 0.251 e. The molecule has 0 heterocycles. The molecule has 0 saturated heterocycles. The average molecular weight is 282 g/mol. The van der Waals surface area contributed by atoms with Gasteiger partial charge in [0, 0.05) is 23.4 Å². The van der Waals surface area contributed by atoms with Crippen LogP contribution < -0.4 is 10.1 Å². The molecule has 0 aliphatic heterocycles. The van der Waals surface area contributed by atoms with Gasteiger partial charge < -0.3 is 10.1 Å². The Morgan fingerprint density at radius 2 is 2.26 bits per heavy atom. The van der Waals surface area contributed by atoms with Crippen LogP contribution in [-0.4, -0.2) is 24.9 Å². The molecular weight excluding hydrogens is 262 g/mol. The summed E-state index contributed by atoms with van der Waals surface area (Å²) in [7, 11) is 0. The van der Waals surface area contributed by atoms with Gasteiger partial charge in [0.2, 0.25) is 0 Å². The molecule has 1 aliphatic carbocycles. The van der Waals surface area contributed by atoms with Gasteiger partial charge in [-0.05, 0) is 37.5 Å². The van der Waals surface area contributed by atoms with E-state index in [1.165, 1.54) is 0 Å². The van der Waals surface area contributed by atoms with E-state index in [1.54, 1.807) is 12.1 Å². The summed E-state index contributed by atoms with van der Waals surface area (Å²) in [5, 5.41) is 2.96. The highest BCUT2D eigenvalue weighted by molar-refractivity contribution is 6.18. The normalized spacial score (nSPS) is 15.9. The summed E-state index contributed by atoms with van der Waals surface area (Å²) >= 11 is 5.90. The van der Waals surface area contributed by atoms with E-state index in [4.69, 9.17) is 16.3 Å². The van der Waals surface area contributed by atoms with Gasteiger partial charge >= 0.3 is 0 Å². The number of rotatable bonds is 7. The molecule has 0 unspecified atom stereocenters. The van der Waals surface area contributed by atoms with Crippen molar-refractivity contribution in [1.82, 2.24) is 5.32 Å². The minimum Gasteiger partial charge on any atom is -0.494 e. The standard InChI is InChI=1S/C15H20ClNO2/c1-2-8-19-13-5-3-4-12(9-13)14(18)17-11-15(10-16)6-7-15/h3-5,9H,2,6-8,10-11H2,1H3,(H,17,18). The Balaban J connectivity index is 1.91. The van der Waals surface area contributed by atoms with E-state index in [-0.39, 0.29) is 11.3 Å². The fourth-order valence-corrected chi connectivity index (χ4v) is 2.21. The molecule has 0 spiro atoms. The van der Waals surface area contributed by atoms with Gasteiger partial charge in [0.05, 0.1) is 6.61 Å². The van der Waals surface area contributed by atoms with Crippen molar-refractivity contribution in [2.45, 2.75) is 26.2 Å². The molecule has 0 atom stereocenters. The third kappa shape index (κ3) is 3.87. The lowest BCUT2D eigenvalue weighted by molar-refractivity contribution is 0.0946. The highest BCUT2D eigenvalue weighted by Gasteiger charge is 2.41. The second-order valence-corrected chi connectivity index (χ2v) is 5.46. The zero-order valence-corrected chi connectivity index (χ0v) is 12.0. The van der Waals surface area contributed by atoms with Crippen molar-refractivity contribution in [3.63, 3.8) is 0 Å². The molecule has 1 fully saturated rings. The molecule has 1 aromatic carbocycles. The average Bonchev–Trinajstić information content (AvgIpc) is 3.23. The topological polar surface area (TPSA) is 38.3 Å². The van der Waals surface area contributed by atoms with E-state index in [0.717, 1.165) is 25.0 Å². The van der Waals surface area contributed by atoms with Crippen molar-refractivity contribution in [2.24, 2.45) is 5.41 Å². The number of alkyl halides is 1. The third-order valence-electron chi connectivity index (χ3n) is 3.43. The molecule has 3 nitrogen and oxygen atoms in total. The van der Waals surface area contributed by atoms with Gasteiger partial charge in [-0.15, -0.1) is 11.6 Å². The maximum atomic E-state index is 12.1. The van der Waals surface area contributed by atoms with E-state index in [9.17, 15) is 4.79 Å². The summed E-state index contributed by atoms with van der Waals surface area (Å²) in [6.07, 6.45) is 3.17. The largest absolute Gasteiger partial charge is 0.494 e. The zero-order valence-electron chi connectivity index (χ0n) is 11.2. The monoisotopic (exact) mass is 281 g/mol. The number of hydrogen-bond acceptors (Lipinski definition) is 2. The summed E-state index contributed by atoms with van der Waals surface area (Å²) in [5.74, 6) is 1.30. The highest BCUT2D eigenvalue weighted by Crippen LogP contribution is 2.45. The van der Waals surface area contributed by atoms with Crippen molar-refractivity contribution >= 4 is 17.5 Å². The van der Waals surface area contributed by atoms with E-state index in [1.807, 2.05) is 12.1 Å². The van der Waals surface area contributed by atoms with Gasteiger partial charge in [0.1, 0.15) is 5.75 Å². The molecule has 0 aromatic heterocycles. The minimum atomic E-state index is -0.0571. The Morgan fingerprint density at radius 1 is 1.47 bits per heavy atom. The van der Waals surface area contributed by atoms with Crippen LogP contribution in [0.4, 0.5) is 0 Å². The predicted octanol–water partition coefficient (Wildman–Crippen LogP) is 3.22. The van der Waals surface area contributed by atoms with Crippen LogP contribution in [0.1, 0.15) is 36.5 Å². The number of hydrogen-bond donors (Lipinski definition) is 1. The van der Waals surface area contributed by atoms with Gasteiger partial charge in [-0.3, -0.25) is 4.79 Å². The molecule has 19 heavy (non-hydrogen) atoms. The first-order valence-electron chi connectivity index (χ1n) is 6.76. The van der Waals surface area contributed by atoms with E-state index in [0.29, 0.717) is 24.6 Å². The molecular formula is C15H20ClNO2. The van der Waals surface area contributed by atoms with Crippen LogP contribution in [-0.2, 0) is 0 Å². The predicted molar refractivity (Wildman–Crippen MR) is 76.9 cm³/mol. The quantitative estimate of drug-likeness (QED) is 0.779. The lowest BCUT2D eigenvalue weighted by Crippen LogP contribution is -2.30. The Hall–Kier alpha value is -1.22. The summed E-state index contributed by atoms with van der Waals surface area (Å²) in [6.45, 7) is 3.38. The van der Waals surface area contributed by atoms with Crippen LogP contribution in [0.2, 0.25) is 0 Å². The lowest BCUT2D eigenvalue weighted by atomic mass is 10.1. The molecule has 0 radical (unpaired) electrons. The van der Waals surface area contributed by atoms with Gasteiger partial charge in [-0.2, -0.15) is 0 Å². The molecule has 2 rings (SSSR count). The Kier molecular flexibility index (Phi) is 4.70. The maximum absolute atomic E-state index is 12.1. The van der Waals surface area contributed by atoms with Gasteiger partial charge in [0.15, 0.2) is 0 Å². The number of carbonyl (C=O) groups is 1. The van der Waals surface area contributed by atoms with Gasteiger partial charge in [0.25, 0.3) is 5.91 Å². The number of halogens is 1. The fraction of sp³-hybridized carbons (Fsp3) is 0.533. The summed E-state index contributed by atoms with van der Waals surface area (Å²) < 4.78 is 5.52. The first-order valence-corrected chi connectivity index (χ1v) is 7.29.